The second-order valence-corrected chi connectivity index (χ2v) is 3.65. The van der Waals surface area contributed by atoms with E-state index in [2.05, 4.69) is 19.8 Å². The molecule has 1 aliphatic rings. The van der Waals surface area contributed by atoms with Crippen molar-refractivity contribution in [2.45, 2.75) is 0 Å². The van der Waals surface area contributed by atoms with Crippen molar-refractivity contribution in [2.24, 2.45) is 0 Å². The zero-order chi connectivity index (χ0) is 11.4. The first-order valence-electron chi connectivity index (χ1n) is 5.21. The largest absolute Gasteiger partial charge is 0.395 e. The summed E-state index contributed by atoms with van der Waals surface area (Å²) in [4.78, 5) is 15.7. The SMILES string of the molecule is O=C(c1cnon1)N1CCN(CCO)CC1. The third-order valence-electron chi connectivity index (χ3n) is 2.66. The number of carbonyl (C=O) groups is 1. The lowest BCUT2D eigenvalue weighted by Gasteiger charge is -2.33. The third-order valence-corrected chi connectivity index (χ3v) is 2.66. The Balaban J connectivity index is 1.87. The Bertz CT molecular complexity index is 333. The van der Waals surface area contributed by atoms with Crippen LogP contribution in [-0.2, 0) is 0 Å². The Morgan fingerprint density at radius 3 is 2.75 bits per heavy atom. The molecular weight excluding hydrogens is 212 g/mol. The number of hydrogen-bond acceptors (Lipinski definition) is 6. The molecule has 0 saturated carbocycles. The van der Waals surface area contributed by atoms with Gasteiger partial charge in [0, 0.05) is 32.7 Å². The summed E-state index contributed by atoms with van der Waals surface area (Å²) in [7, 11) is 0. The van der Waals surface area contributed by atoms with E-state index in [4.69, 9.17) is 5.11 Å². The number of hydrogen-bond donors (Lipinski definition) is 1. The van der Waals surface area contributed by atoms with Crippen LogP contribution in [0.4, 0.5) is 0 Å². The van der Waals surface area contributed by atoms with Crippen molar-refractivity contribution in [1.29, 1.82) is 0 Å². The normalized spacial score (nSPS) is 17.7. The number of piperazine rings is 1. The molecule has 88 valence electrons. The van der Waals surface area contributed by atoms with Crippen LogP contribution in [0, 0.1) is 0 Å². The quantitative estimate of drug-likeness (QED) is 0.698. The number of rotatable bonds is 3. The Morgan fingerprint density at radius 2 is 2.19 bits per heavy atom. The lowest BCUT2D eigenvalue weighted by atomic mass is 10.3. The minimum Gasteiger partial charge on any atom is -0.395 e. The summed E-state index contributed by atoms with van der Waals surface area (Å²) in [5.41, 5.74) is 0.246. The summed E-state index contributed by atoms with van der Waals surface area (Å²) < 4.78 is 4.40. The van der Waals surface area contributed by atoms with E-state index in [-0.39, 0.29) is 18.2 Å². The predicted molar refractivity (Wildman–Crippen MR) is 53.7 cm³/mol. The number of nitrogens with zero attached hydrogens (tertiary/aromatic N) is 4. The van der Waals surface area contributed by atoms with Crippen LogP contribution >= 0.6 is 0 Å². The maximum Gasteiger partial charge on any atom is 0.277 e. The second kappa shape index (κ2) is 5.04. The highest BCUT2D eigenvalue weighted by atomic mass is 16.6. The first-order chi connectivity index (χ1) is 7.81. The van der Waals surface area contributed by atoms with Crippen molar-refractivity contribution in [3.63, 3.8) is 0 Å². The van der Waals surface area contributed by atoms with Gasteiger partial charge in [-0.1, -0.05) is 5.16 Å². The van der Waals surface area contributed by atoms with Gasteiger partial charge in [-0.3, -0.25) is 9.69 Å². The number of amides is 1. The fourth-order valence-corrected chi connectivity index (χ4v) is 1.74. The molecule has 16 heavy (non-hydrogen) atoms. The van der Waals surface area contributed by atoms with E-state index in [1.807, 2.05) is 0 Å². The zero-order valence-corrected chi connectivity index (χ0v) is 8.87. The van der Waals surface area contributed by atoms with Gasteiger partial charge in [-0.05, 0) is 5.16 Å². The van der Waals surface area contributed by atoms with Crippen LogP contribution in [0.5, 0.6) is 0 Å². The number of aliphatic hydroxyl groups is 1. The maximum absolute atomic E-state index is 11.8. The van der Waals surface area contributed by atoms with Gasteiger partial charge in [0.1, 0.15) is 6.20 Å². The molecule has 2 heterocycles. The van der Waals surface area contributed by atoms with Gasteiger partial charge in [-0.25, -0.2) is 4.63 Å². The summed E-state index contributed by atoms with van der Waals surface area (Å²) in [6.45, 7) is 3.65. The molecule has 1 amide bonds. The molecule has 1 aromatic rings. The van der Waals surface area contributed by atoms with E-state index in [1.54, 1.807) is 4.90 Å². The van der Waals surface area contributed by atoms with Gasteiger partial charge in [0.15, 0.2) is 5.69 Å². The van der Waals surface area contributed by atoms with Crippen LogP contribution in [0.3, 0.4) is 0 Å². The van der Waals surface area contributed by atoms with E-state index < -0.39 is 0 Å². The van der Waals surface area contributed by atoms with Crippen LogP contribution < -0.4 is 0 Å². The molecule has 0 aromatic carbocycles. The van der Waals surface area contributed by atoms with Crippen LogP contribution in [0.1, 0.15) is 10.5 Å². The van der Waals surface area contributed by atoms with E-state index in [0.717, 1.165) is 13.1 Å². The monoisotopic (exact) mass is 226 g/mol. The number of aromatic nitrogens is 2. The highest BCUT2D eigenvalue weighted by Crippen LogP contribution is 2.05. The van der Waals surface area contributed by atoms with Crippen molar-refractivity contribution < 1.29 is 14.5 Å². The molecule has 1 saturated heterocycles. The highest BCUT2D eigenvalue weighted by molar-refractivity contribution is 5.91. The van der Waals surface area contributed by atoms with Crippen LogP contribution in [0.2, 0.25) is 0 Å². The van der Waals surface area contributed by atoms with E-state index in [1.165, 1.54) is 6.20 Å². The van der Waals surface area contributed by atoms with E-state index in [9.17, 15) is 4.79 Å². The average Bonchev–Trinajstić information content (AvgIpc) is 2.83. The predicted octanol–water partition coefficient (Wildman–Crippen LogP) is -1.18. The fraction of sp³-hybridized carbons (Fsp3) is 0.667. The Labute approximate surface area is 92.6 Å². The lowest BCUT2D eigenvalue weighted by Crippen LogP contribution is -2.49. The Hall–Kier alpha value is -1.47. The molecule has 0 radical (unpaired) electrons. The standard InChI is InChI=1S/C9H14N4O3/c14-6-5-12-1-3-13(4-2-12)9(15)8-7-10-16-11-8/h7,14H,1-6H2. The summed E-state index contributed by atoms with van der Waals surface area (Å²) in [5, 5.41) is 15.7. The molecule has 0 aliphatic carbocycles. The van der Waals surface area contributed by atoms with Gasteiger partial charge in [0.2, 0.25) is 0 Å². The summed E-state index contributed by atoms with van der Waals surface area (Å²) in [6.07, 6.45) is 1.32. The molecule has 0 unspecified atom stereocenters. The smallest absolute Gasteiger partial charge is 0.277 e. The van der Waals surface area contributed by atoms with Crippen LogP contribution in [0.25, 0.3) is 0 Å². The summed E-state index contributed by atoms with van der Waals surface area (Å²) in [6, 6.07) is 0. The zero-order valence-electron chi connectivity index (χ0n) is 8.87. The van der Waals surface area contributed by atoms with Crippen LogP contribution in [-0.4, -0.2) is 70.5 Å². The van der Waals surface area contributed by atoms with E-state index >= 15 is 0 Å². The molecule has 1 aliphatic heterocycles. The minimum atomic E-state index is -0.148. The molecule has 2 rings (SSSR count). The topological polar surface area (TPSA) is 82.7 Å². The van der Waals surface area contributed by atoms with Gasteiger partial charge in [0.25, 0.3) is 5.91 Å². The first kappa shape index (κ1) is 11.0. The summed E-state index contributed by atoms with van der Waals surface area (Å²) in [5.74, 6) is -0.148. The van der Waals surface area contributed by atoms with E-state index in [0.29, 0.717) is 19.6 Å². The molecule has 7 heteroatoms. The molecule has 1 fully saturated rings. The molecule has 0 bridgehead atoms. The lowest BCUT2D eigenvalue weighted by molar-refractivity contribution is 0.0604. The average molecular weight is 226 g/mol. The minimum absolute atomic E-state index is 0.148. The molecule has 1 N–H and O–H groups in total. The van der Waals surface area contributed by atoms with Gasteiger partial charge in [0.05, 0.1) is 6.61 Å². The van der Waals surface area contributed by atoms with Crippen LogP contribution in [0.15, 0.2) is 10.8 Å². The molecule has 0 spiro atoms. The van der Waals surface area contributed by atoms with Gasteiger partial charge in [-0.15, -0.1) is 0 Å². The van der Waals surface area contributed by atoms with Crippen molar-refractivity contribution in [3.8, 4) is 0 Å². The second-order valence-electron chi connectivity index (χ2n) is 3.65. The molecule has 0 atom stereocenters. The van der Waals surface area contributed by atoms with Crippen molar-refractivity contribution in [3.05, 3.63) is 11.9 Å². The fourth-order valence-electron chi connectivity index (χ4n) is 1.74. The highest BCUT2D eigenvalue weighted by Gasteiger charge is 2.23. The Morgan fingerprint density at radius 1 is 1.44 bits per heavy atom. The number of aliphatic hydroxyl groups excluding tert-OH is 1. The van der Waals surface area contributed by atoms with Gasteiger partial charge in [-0.2, -0.15) is 0 Å². The van der Waals surface area contributed by atoms with Gasteiger partial charge >= 0.3 is 0 Å². The molecule has 7 nitrogen and oxygen atoms in total. The third kappa shape index (κ3) is 2.37. The van der Waals surface area contributed by atoms with Crippen molar-refractivity contribution in [1.82, 2.24) is 20.1 Å². The summed E-state index contributed by atoms with van der Waals surface area (Å²) >= 11 is 0. The maximum atomic E-state index is 11.8. The Kier molecular flexibility index (Phi) is 3.47. The molecule has 1 aromatic heterocycles. The number of carbonyl (C=O) groups excluding carboxylic acids is 1. The number of β-amino-alcohol motifs (C(OH)–C–C–N with tert-alkyl or cyclic N) is 1. The molecular formula is C9H14N4O3. The van der Waals surface area contributed by atoms with Gasteiger partial charge < -0.3 is 10.0 Å². The first-order valence-corrected chi connectivity index (χ1v) is 5.21. The van der Waals surface area contributed by atoms with Crippen molar-refractivity contribution >= 4 is 5.91 Å². The van der Waals surface area contributed by atoms with Crippen molar-refractivity contribution in [2.75, 3.05) is 39.3 Å².